The molecule has 0 bridgehead atoms. The summed E-state index contributed by atoms with van der Waals surface area (Å²) in [6, 6.07) is 0. The average Bonchev–Trinajstić information content (AvgIpc) is 2.62. The fourth-order valence-corrected chi connectivity index (χ4v) is 6.70. The zero-order valence-electron chi connectivity index (χ0n) is 16.3. The number of esters is 1. The third kappa shape index (κ3) is 2.03. The predicted molar refractivity (Wildman–Crippen MR) is 93.5 cm³/mol. The largest absolute Gasteiger partial charge is 0.493 e. The highest BCUT2D eigenvalue weighted by Gasteiger charge is 2.75. The number of carbonyl (C=O) groups is 3. The van der Waals surface area contributed by atoms with E-state index in [1.165, 1.54) is 14.0 Å². The second-order valence-electron chi connectivity index (χ2n) is 9.26. The SMILES string of the molecule is COC1=CC(=O)[C@@H]2C[C@H]3OC(=O)C[C@H]4[C@](C)(O)[C@H](O)[C@@H](O)[C@H]([C@@]2(C)C1=O)[C@@]34C. The minimum Gasteiger partial charge on any atom is -0.493 e. The fraction of sp³-hybridized carbons (Fsp3) is 0.750. The molecule has 0 unspecified atom stereocenters. The fourth-order valence-electron chi connectivity index (χ4n) is 6.70. The van der Waals surface area contributed by atoms with Crippen LogP contribution in [0.2, 0.25) is 0 Å². The van der Waals surface area contributed by atoms with Crippen molar-refractivity contribution in [3.05, 3.63) is 11.8 Å². The van der Waals surface area contributed by atoms with E-state index >= 15 is 0 Å². The second kappa shape index (κ2) is 5.64. The molecule has 3 aliphatic carbocycles. The van der Waals surface area contributed by atoms with Crippen molar-refractivity contribution in [2.75, 3.05) is 7.11 Å². The van der Waals surface area contributed by atoms with Gasteiger partial charge in [0.2, 0.25) is 5.78 Å². The number of carbonyl (C=O) groups excluding carboxylic acids is 3. The molecule has 8 heteroatoms. The van der Waals surface area contributed by atoms with Crippen LogP contribution in [0.15, 0.2) is 11.8 Å². The molecule has 0 aromatic carbocycles. The van der Waals surface area contributed by atoms with Gasteiger partial charge in [-0.1, -0.05) is 13.8 Å². The Labute approximate surface area is 162 Å². The third-order valence-electron chi connectivity index (χ3n) is 8.10. The Morgan fingerprint density at radius 2 is 1.82 bits per heavy atom. The minimum atomic E-state index is -1.76. The highest BCUT2D eigenvalue weighted by molar-refractivity contribution is 6.12. The molecule has 0 amide bonds. The number of rotatable bonds is 1. The summed E-state index contributed by atoms with van der Waals surface area (Å²) in [5.74, 6) is -3.85. The number of hydrogen-bond acceptors (Lipinski definition) is 8. The molecule has 1 heterocycles. The Hall–Kier alpha value is -1.77. The van der Waals surface area contributed by atoms with Crippen molar-refractivity contribution in [2.45, 2.75) is 57.5 Å². The first-order valence-electron chi connectivity index (χ1n) is 9.54. The number of fused-ring (bicyclic) bond motifs is 2. The third-order valence-corrected chi connectivity index (χ3v) is 8.10. The van der Waals surface area contributed by atoms with Crippen LogP contribution in [0, 0.1) is 28.6 Å². The van der Waals surface area contributed by atoms with Crippen LogP contribution in [-0.4, -0.2) is 63.9 Å². The van der Waals surface area contributed by atoms with Crippen LogP contribution in [0.25, 0.3) is 0 Å². The summed E-state index contributed by atoms with van der Waals surface area (Å²) in [6.07, 6.45) is -2.71. The van der Waals surface area contributed by atoms with Crippen LogP contribution in [0.3, 0.4) is 0 Å². The molecule has 154 valence electrons. The van der Waals surface area contributed by atoms with E-state index in [0.717, 1.165) is 6.08 Å². The van der Waals surface area contributed by atoms with Crippen molar-refractivity contribution < 1.29 is 39.2 Å². The van der Waals surface area contributed by atoms with E-state index in [2.05, 4.69) is 0 Å². The lowest BCUT2D eigenvalue weighted by molar-refractivity contribution is -0.308. The number of ether oxygens (including phenoxy) is 2. The first-order chi connectivity index (χ1) is 12.9. The van der Waals surface area contributed by atoms with Gasteiger partial charge >= 0.3 is 5.97 Å². The lowest BCUT2D eigenvalue weighted by atomic mass is 9.38. The summed E-state index contributed by atoms with van der Waals surface area (Å²) >= 11 is 0. The van der Waals surface area contributed by atoms with Gasteiger partial charge in [-0.05, 0) is 13.3 Å². The molecule has 1 saturated heterocycles. The van der Waals surface area contributed by atoms with Crippen molar-refractivity contribution in [1.29, 1.82) is 0 Å². The van der Waals surface area contributed by atoms with E-state index in [0.29, 0.717) is 0 Å². The molecule has 8 nitrogen and oxygen atoms in total. The summed E-state index contributed by atoms with van der Waals surface area (Å²) in [4.78, 5) is 38.4. The predicted octanol–water partition coefficient (Wildman–Crippen LogP) is -0.265. The molecule has 3 fully saturated rings. The second-order valence-corrected chi connectivity index (χ2v) is 9.26. The van der Waals surface area contributed by atoms with E-state index in [1.54, 1.807) is 13.8 Å². The molecule has 4 aliphatic rings. The summed E-state index contributed by atoms with van der Waals surface area (Å²) in [7, 11) is 1.30. The Kier molecular flexibility index (Phi) is 3.94. The molecule has 9 atom stereocenters. The number of aliphatic hydroxyl groups is 3. The Morgan fingerprint density at radius 3 is 2.43 bits per heavy atom. The van der Waals surface area contributed by atoms with Gasteiger partial charge in [-0.3, -0.25) is 14.4 Å². The van der Waals surface area contributed by atoms with E-state index in [4.69, 9.17) is 9.47 Å². The highest BCUT2D eigenvalue weighted by Crippen LogP contribution is 2.67. The molecule has 0 radical (unpaired) electrons. The first-order valence-corrected chi connectivity index (χ1v) is 9.54. The van der Waals surface area contributed by atoms with Crippen molar-refractivity contribution in [3.63, 3.8) is 0 Å². The van der Waals surface area contributed by atoms with Gasteiger partial charge in [0.15, 0.2) is 11.5 Å². The van der Waals surface area contributed by atoms with Crippen molar-refractivity contribution in [3.8, 4) is 0 Å². The van der Waals surface area contributed by atoms with Crippen LogP contribution < -0.4 is 0 Å². The van der Waals surface area contributed by atoms with Crippen LogP contribution in [0.5, 0.6) is 0 Å². The molecule has 0 aromatic rings. The van der Waals surface area contributed by atoms with Gasteiger partial charge in [0.25, 0.3) is 0 Å². The molecule has 2 saturated carbocycles. The average molecular weight is 394 g/mol. The van der Waals surface area contributed by atoms with E-state index in [1.807, 2.05) is 0 Å². The van der Waals surface area contributed by atoms with Crippen molar-refractivity contribution in [1.82, 2.24) is 0 Å². The van der Waals surface area contributed by atoms with E-state index in [9.17, 15) is 29.7 Å². The Morgan fingerprint density at radius 1 is 1.18 bits per heavy atom. The van der Waals surface area contributed by atoms with Crippen molar-refractivity contribution in [2.24, 2.45) is 28.6 Å². The summed E-state index contributed by atoms with van der Waals surface area (Å²) in [5.41, 5.74) is -4.12. The molecule has 3 N–H and O–H groups in total. The van der Waals surface area contributed by atoms with Crippen LogP contribution in [0.1, 0.15) is 33.6 Å². The quantitative estimate of drug-likeness (QED) is 0.519. The molecular weight excluding hydrogens is 368 g/mol. The first kappa shape index (κ1) is 19.5. The molecule has 1 aliphatic heterocycles. The molecule has 0 aromatic heterocycles. The normalized spacial score (nSPS) is 53.0. The molecule has 0 spiro atoms. The maximum Gasteiger partial charge on any atom is 0.306 e. The monoisotopic (exact) mass is 394 g/mol. The summed E-state index contributed by atoms with van der Waals surface area (Å²) in [6.45, 7) is 4.78. The van der Waals surface area contributed by atoms with Crippen molar-refractivity contribution >= 4 is 17.5 Å². The number of Topliss-reactive ketones (excluding diaryl/α,β-unsaturated/α-hetero) is 1. The number of methoxy groups -OCH3 is 1. The van der Waals surface area contributed by atoms with Crippen LogP contribution in [-0.2, 0) is 23.9 Å². The molecular formula is C20H26O8. The smallest absolute Gasteiger partial charge is 0.306 e. The zero-order valence-corrected chi connectivity index (χ0v) is 16.3. The standard InChI is InChI=1S/C20H26O8/c1-18-8(9(21)6-10(27-4)16(18)24)5-12-19(2)11(7-13(22)28-12)20(3,26)17(25)14(23)15(18)19/h6,8,11-12,14-15,17,23,25-26H,5,7H2,1-4H3/t8-,11+,12+,14-,15+,17+,18-,19+,20-/m0/s1. The highest BCUT2D eigenvalue weighted by atomic mass is 16.5. The van der Waals surface area contributed by atoms with Crippen LogP contribution >= 0.6 is 0 Å². The van der Waals surface area contributed by atoms with Gasteiger partial charge in [-0.25, -0.2) is 0 Å². The molecule has 4 rings (SSSR count). The number of ketones is 2. The molecule has 28 heavy (non-hydrogen) atoms. The van der Waals surface area contributed by atoms with Gasteiger partial charge in [-0.2, -0.15) is 0 Å². The number of allylic oxidation sites excluding steroid dienone is 2. The number of aliphatic hydroxyl groups excluding tert-OH is 2. The number of hydrogen-bond donors (Lipinski definition) is 3. The Bertz CT molecular complexity index is 800. The van der Waals surface area contributed by atoms with Gasteiger partial charge in [0.1, 0.15) is 12.2 Å². The van der Waals surface area contributed by atoms with Gasteiger partial charge in [0.05, 0.1) is 30.7 Å². The maximum atomic E-state index is 13.3. The van der Waals surface area contributed by atoms with Gasteiger partial charge in [0, 0.05) is 29.2 Å². The summed E-state index contributed by atoms with van der Waals surface area (Å²) < 4.78 is 10.7. The van der Waals surface area contributed by atoms with Gasteiger partial charge < -0.3 is 24.8 Å². The minimum absolute atomic E-state index is 0.0887. The van der Waals surface area contributed by atoms with E-state index in [-0.39, 0.29) is 24.4 Å². The Balaban J connectivity index is 1.96. The zero-order chi connectivity index (χ0) is 20.8. The van der Waals surface area contributed by atoms with E-state index < -0.39 is 64.2 Å². The lowest BCUT2D eigenvalue weighted by Crippen LogP contribution is -2.77. The lowest BCUT2D eigenvalue weighted by Gasteiger charge is -2.68. The van der Waals surface area contributed by atoms with Gasteiger partial charge in [-0.15, -0.1) is 0 Å². The summed E-state index contributed by atoms with van der Waals surface area (Å²) in [5, 5.41) is 32.9. The maximum absolute atomic E-state index is 13.3. The van der Waals surface area contributed by atoms with Crippen LogP contribution in [0.4, 0.5) is 0 Å². The topological polar surface area (TPSA) is 130 Å².